The monoisotopic (exact) mass is 298 g/mol. The van der Waals surface area contributed by atoms with Crippen LogP contribution in [0.15, 0.2) is 54.6 Å². The van der Waals surface area contributed by atoms with Gasteiger partial charge in [-0.15, -0.1) is 0 Å². The van der Waals surface area contributed by atoms with E-state index in [4.69, 9.17) is 15.2 Å². The van der Waals surface area contributed by atoms with Crippen molar-refractivity contribution >= 4 is 16.5 Å². The molecule has 2 N–H and O–H groups in total. The Labute approximate surface area is 126 Å². The molecule has 4 nitrogen and oxygen atoms in total. The van der Waals surface area contributed by atoms with E-state index in [1.54, 1.807) is 7.11 Å². The fourth-order valence-electron chi connectivity index (χ4n) is 1.92. The van der Waals surface area contributed by atoms with Crippen molar-refractivity contribution in [1.82, 2.24) is 4.98 Å². The van der Waals surface area contributed by atoms with Crippen LogP contribution in [0.25, 0.3) is 11.3 Å². The van der Waals surface area contributed by atoms with Crippen molar-refractivity contribution in [1.29, 1.82) is 0 Å². The van der Waals surface area contributed by atoms with E-state index in [9.17, 15) is 0 Å². The number of rotatable bonds is 4. The van der Waals surface area contributed by atoms with Crippen LogP contribution in [0.2, 0.25) is 0 Å². The van der Waals surface area contributed by atoms with E-state index in [1.807, 2.05) is 54.6 Å². The number of methoxy groups -OCH3 is 1. The highest BCUT2D eigenvalue weighted by atomic mass is 32.1. The molecule has 0 spiro atoms. The summed E-state index contributed by atoms with van der Waals surface area (Å²) in [5, 5.41) is 1.17. The van der Waals surface area contributed by atoms with Gasteiger partial charge in [-0.05, 0) is 24.3 Å². The zero-order valence-corrected chi connectivity index (χ0v) is 12.3. The third kappa shape index (κ3) is 2.98. The standard InChI is InChI=1S/C16H14N2O2S/c1-19-12-7-9-13(10-8-12)20-15-14(18-16(17)21-15)11-5-3-2-4-6-11/h2-10H,1H3,(H2,17,18). The summed E-state index contributed by atoms with van der Waals surface area (Å²) in [5.74, 6) is 1.51. The second-order valence-corrected chi connectivity index (χ2v) is 5.32. The Balaban J connectivity index is 1.92. The maximum Gasteiger partial charge on any atom is 0.210 e. The Morgan fingerprint density at radius 2 is 1.62 bits per heavy atom. The van der Waals surface area contributed by atoms with Crippen LogP contribution in [-0.4, -0.2) is 12.1 Å². The predicted molar refractivity (Wildman–Crippen MR) is 85.0 cm³/mol. The van der Waals surface area contributed by atoms with E-state index < -0.39 is 0 Å². The minimum atomic E-state index is 0.484. The maximum absolute atomic E-state index is 5.90. The fourth-order valence-corrected chi connectivity index (χ4v) is 2.65. The van der Waals surface area contributed by atoms with E-state index in [-0.39, 0.29) is 0 Å². The molecule has 21 heavy (non-hydrogen) atoms. The second-order valence-electron chi connectivity index (χ2n) is 4.33. The lowest BCUT2D eigenvalue weighted by Gasteiger charge is -2.06. The first-order chi connectivity index (χ1) is 10.3. The van der Waals surface area contributed by atoms with Crippen LogP contribution in [0.4, 0.5) is 5.13 Å². The average Bonchev–Trinajstić information content (AvgIpc) is 2.89. The van der Waals surface area contributed by atoms with Crippen LogP contribution in [0.5, 0.6) is 16.6 Å². The van der Waals surface area contributed by atoms with Gasteiger partial charge in [0.25, 0.3) is 0 Å². The maximum atomic E-state index is 5.90. The predicted octanol–water partition coefficient (Wildman–Crippen LogP) is 4.19. The van der Waals surface area contributed by atoms with Gasteiger partial charge < -0.3 is 15.2 Å². The van der Waals surface area contributed by atoms with E-state index in [2.05, 4.69) is 4.98 Å². The average molecular weight is 298 g/mol. The molecule has 106 valence electrons. The van der Waals surface area contributed by atoms with E-state index in [0.29, 0.717) is 10.2 Å². The van der Waals surface area contributed by atoms with Crippen LogP contribution in [0, 0.1) is 0 Å². The Morgan fingerprint density at radius 3 is 2.29 bits per heavy atom. The van der Waals surface area contributed by atoms with Crippen molar-refractivity contribution in [2.24, 2.45) is 0 Å². The minimum Gasteiger partial charge on any atom is -0.497 e. The van der Waals surface area contributed by atoms with Crippen molar-refractivity contribution in [2.45, 2.75) is 0 Å². The van der Waals surface area contributed by atoms with E-state index in [1.165, 1.54) is 11.3 Å². The molecule has 1 heterocycles. The molecule has 0 radical (unpaired) electrons. The van der Waals surface area contributed by atoms with Gasteiger partial charge in [0.15, 0.2) is 5.13 Å². The zero-order chi connectivity index (χ0) is 14.7. The lowest BCUT2D eigenvalue weighted by Crippen LogP contribution is -1.87. The molecule has 0 unspecified atom stereocenters. The van der Waals surface area contributed by atoms with Crippen LogP contribution in [-0.2, 0) is 0 Å². The number of ether oxygens (including phenoxy) is 2. The van der Waals surface area contributed by atoms with Gasteiger partial charge in [-0.25, -0.2) is 4.98 Å². The summed E-state index contributed by atoms with van der Waals surface area (Å²) < 4.78 is 11.0. The van der Waals surface area contributed by atoms with Gasteiger partial charge in [0.1, 0.15) is 17.2 Å². The third-order valence-corrected chi connectivity index (χ3v) is 3.69. The number of nitrogens with two attached hydrogens (primary N) is 1. The van der Waals surface area contributed by atoms with Gasteiger partial charge in [0.05, 0.1) is 7.11 Å². The molecule has 0 fully saturated rings. The molecule has 1 aromatic heterocycles. The van der Waals surface area contributed by atoms with Gasteiger partial charge in [-0.3, -0.25) is 0 Å². The van der Waals surface area contributed by atoms with Gasteiger partial charge in [-0.1, -0.05) is 41.7 Å². The molecule has 5 heteroatoms. The summed E-state index contributed by atoms with van der Waals surface area (Å²) in [6.07, 6.45) is 0. The molecule has 2 aromatic carbocycles. The van der Waals surface area contributed by atoms with Gasteiger partial charge in [0, 0.05) is 5.56 Å². The zero-order valence-electron chi connectivity index (χ0n) is 11.4. The largest absolute Gasteiger partial charge is 0.497 e. The molecule has 0 bridgehead atoms. The highest BCUT2D eigenvalue weighted by molar-refractivity contribution is 7.17. The summed E-state index contributed by atoms with van der Waals surface area (Å²) >= 11 is 1.33. The van der Waals surface area contributed by atoms with Crippen LogP contribution in [0.3, 0.4) is 0 Å². The minimum absolute atomic E-state index is 0.484. The molecule has 3 rings (SSSR count). The number of nitrogen functional groups attached to an aromatic ring is 1. The SMILES string of the molecule is COc1ccc(Oc2sc(N)nc2-c2ccccc2)cc1. The van der Waals surface area contributed by atoms with Crippen molar-refractivity contribution in [3.05, 3.63) is 54.6 Å². The molecule has 0 atom stereocenters. The highest BCUT2D eigenvalue weighted by Crippen LogP contribution is 2.39. The van der Waals surface area contributed by atoms with Gasteiger partial charge >= 0.3 is 0 Å². The number of anilines is 1. The summed E-state index contributed by atoms with van der Waals surface area (Å²) in [5.41, 5.74) is 7.56. The molecule has 0 aliphatic heterocycles. The highest BCUT2D eigenvalue weighted by Gasteiger charge is 2.13. The smallest absolute Gasteiger partial charge is 0.210 e. The summed E-state index contributed by atoms with van der Waals surface area (Å²) in [7, 11) is 1.63. The first-order valence-electron chi connectivity index (χ1n) is 6.40. The Hall–Kier alpha value is -2.53. The van der Waals surface area contributed by atoms with E-state index >= 15 is 0 Å². The summed E-state index contributed by atoms with van der Waals surface area (Å²) in [6, 6.07) is 17.2. The van der Waals surface area contributed by atoms with Gasteiger partial charge in [-0.2, -0.15) is 0 Å². The fraction of sp³-hybridized carbons (Fsp3) is 0.0625. The molecule has 0 saturated carbocycles. The topological polar surface area (TPSA) is 57.4 Å². The Kier molecular flexibility index (Phi) is 3.75. The van der Waals surface area contributed by atoms with Gasteiger partial charge in [0.2, 0.25) is 5.06 Å². The molecular weight excluding hydrogens is 284 g/mol. The first-order valence-corrected chi connectivity index (χ1v) is 7.21. The molecular formula is C16H14N2O2S. The molecule has 0 aliphatic carbocycles. The summed E-state index contributed by atoms with van der Waals surface area (Å²) in [6.45, 7) is 0. The number of thiazole rings is 1. The van der Waals surface area contributed by atoms with Crippen LogP contribution >= 0.6 is 11.3 Å². The lowest BCUT2D eigenvalue weighted by atomic mass is 10.2. The first kappa shape index (κ1) is 13.5. The third-order valence-electron chi connectivity index (χ3n) is 2.93. The number of aromatic nitrogens is 1. The summed E-state index contributed by atoms with van der Waals surface area (Å²) in [4.78, 5) is 4.36. The number of nitrogens with zero attached hydrogens (tertiary/aromatic N) is 1. The van der Waals surface area contributed by atoms with Crippen molar-refractivity contribution in [2.75, 3.05) is 12.8 Å². The molecule has 0 aliphatic rings. The molecule has 3 aromatic rings. The number of benzene rings is 2. The van der Waals surface area contributed by atoms with Crippen LogP contribution in [0.1, 0.15) is 0 Å². The molecule has 0 amide bonds. The van der Waals surface area contributed by atoms with E-state index in [0.717, 1.165) is 22.8 Å². The number of hydrogen-bond acceptors (Lipinski definition) is 5. The Morgan fingerprint density at radius 1 is 0.952 bits per heavy atom. The van der Waals surface area contributed by atoms with Crippen molar-refractivity contribution < 1.29 is 9.47 Å². The number of hydrogen-bond donors (Lipinski definition) is 1. The quantitative estimate of drug-likeness (QED) is 0.784. The Bertz CT molecular complexity index is 724. The van der Waals surface area contributed by atoms with Crippen molar-refractivity contribution in [3.63, 3.8) is 0 Å². The lowest BCUT2D eigenvalue weighted by molar-refractivity contribution is 0.413. The molecule has 0 saturated heterocycles. The van der Waals surface area contributed by atoms with Crippen molar-refractivity contribution in [3.8, 4) is 27.8 Å². The van der Waals surface area contributed by atoms with Crippen LogP contribution < -0.4 is 15.2 Å². The normalized spacial score (nSPS) is 10.3. The second kappa shape index (κ2) is 5.85.